The molecule has 0 radical (unpaired) electrons. The number of likely N-dealkylation sites (tertiary alicyclic amines) is 2. The van der Waals surface area contributed by atoms with E-state index in [2.05, 4.69) is 5.32 Å². The van der Waals surface area contributed by atoms with Crippen LogP contribution in [0, 0.1) is 0 Å². The van der Waals surface area contributed by atoms with E-state index in [4.69, 9.17) is 4.74 Å². The molecule has 2 atom stereocenters. The van der Waals surface area contributed by atoms with E-state index in [1.165, 1.54) is 26.4 Å². The molecule has 2 heterocycles. The van der Waals surface area contributed by atoms with Gasteiger partial charge in [-0.1, -0.05) is 49.6 Å². The summed E-state index contributed by atoms with van der Waals surface area (Å²) in [6, 6.07) is 9.92. The molecule has 1 aliphatic carbocycles. The van der Waals surface area contributed by atoms with E-state index >= 15 is 0 Å². The highest BCUT2D eigenvalue weighted by molar-refractivity contribution is 5.83. The summed E-state index contributed by atoms with van der Waals surface area (Å²) in [7, 11) is 1.50. The molecule has 3 fully saturated rings. The first kappa shape index (κ1) is 20.2. The Labute approximate surface area is 172 Å². The van der Waals surface area contributed by atoms with Gasteiger partial charge in [0.1, 0.15) is 6.61 Å². The zero-order valence-electron chi connectivity index (χ0n) is 17.0. The van der Waals surface area contributed by atoms with Crippen LogP contribution in [0.5, 0.6) is 0 Å². The molecule has 2 aliphatic heterocycles. The third kappa shape index (κ3) is 3.51. The number of carbonyl (C=O) groups is 2. The Hall–Kier alpha value is -2.12. The Bertz CT molecular complexity index is 729. The van der Waals surface area contributed by atoms with Crippen molar-refractivity contribution < 1.29 is 19.4 Å². The predicted octanol–water partition coefficient (Wildman–Crippen LogP) is 1.72. The number of methoxy groups -OCH3 is 1. The molecule has 3 aliphatic rings. The maximum atomic E-state index is 12.8. The third-order valence-corrected chi connectivity index (χ3v) is 6.81. The lowest BCUT2D eigenvalue weighted by molar-refractivity contribution is -0.196. The van der Waals surface area contributed by atoms with Gasteiger partial charge in [-0.3, -0.25) is 4.79 Å². The number of aliphatic hydroxyl groups is 1. The SMILES string of the molecule is COCC(=O)N1[C@@H](CO)[C@H](c2ccccc2)C12CN(C(=O)NC1CCCCC1)C2. The summed E-state index contributed by atoms with van der Waals surface area (Å²) in [5.74, 6) is -0.126. The number of benzene rings is 1. The Balaban J connectivity index is 1.50. The number of rotatable bonds is 5. The smallest absolute Gasteiger partial charge is 0.317 e. The first-order valence-electron chi connectivity index (χ1n) is 10.6. The topological polar surface area (TPSA) is 82.1 Å². The Morgan fingerprint density at radius 2 is 1.86 bits per heavy atom. The predicted molar refractivity (Wildman–Crippen MR) is 108 cm³/mol. The summed E-state index contributed by atoms with van der Waals surface area (Å²) in [5.41, 5.74) is 0.634. The number of ether oxygens (including phenoxy) is 1. The van der Waals surface area contributed by atoms with Gasteiger partial charge in [-0.25, -0.2) is 4.79 Å². The summed E-state index contributed by atoms with van der Waals surface area (Å²) in [5, 5.41) is 13.2. The van der Waals surface area contributed by atoms with Crippen LogP contribution in [-0.4, -0.2) is 77.9 Å². The van der Waals surface area contributed by atoms with Crippen molar-refractivity contribution in [1.82, 2.24) is 15.1 Å². The van der Waals surface area contributed by atoms with Crippen molar-refractivity contribution in [3.8, 4) is 0 Å². The zero-order chi connectivity index (χ0) is 20.4. The molecule has 0 bridgehead atoms. The maximum Gasteiger partial charge on any atom is 0.317 e. The second kappa shape index (κ2) is 8.32. The molecule has 3 amide bonds. The molecule has 158 valence electrons. The van der Waals surface area contributed by atoms with Gasteiger partial charge in [-0.2, -0.15) is 0 Å². The van der Waals surface area contributed by atoms with E-state index in [-0.39, 0.29) is 43.2 Å². The van der Waals surface area contributed by atoms with Crippen LogP contribution >= 0.6 is 0 Å². The Morgan fingerprint density at radius 3 is 2.48 bits per heavy atom. The number of amides is 3. The van der Waals surface area contributed by atoms with Gasteiger partial charge in [0.05, 0.1) is 18.2 Å². The number of hydrogen-bond donors (Lipinski definition) is 2. The maximum absolute atomic E-state index is 12.8. The molecule has 0 aromatic heterocycles. The number of urea groups is 1. The van der Waals surface area contributed by atoms with Crippen molar-refractivity contribution in [2.24, 2.45) is 0 Å². The van der Waals surface area contributed by atoms with Gasteiger partial charge in [-0.15, -0.1) is 0 Å². The van der Waals surface area contributed by atoms with Gasteiger partial charge in [0.25, 0.3) is 0 Å². The van der Waals surface area contributed by atoms with Crippen molar-refractivity contribution in [2.75, 3.05) is 33.4 Å². The molecule has 0 unspecified atom stereocenters. The fourth-order valence-electron chi connectivity index (χ4n) is 5.53. The fourth-order valence-corrected chi connectivity index (χ4v) is 5.53. The summed E-state index contributed by atoms with van der Waals surface area (Å²) >= 11 is 0. The molecule has 1 aromatic rings. The van der Waals surface area contributed by atoms with Crippen LogP contribution in [0.15, 0.2) is 30.3 Å². The number of nitrogens with zero attached hydrogens (tertiary/aromatic N) is 2. The van der Waals surface area contributed by atoms with E-state index in [9.17, 15) is 14.7 Å². The first-order valence-corrected chi connectivity index (χ1v) is 10.6. The summed E-state index contributed by atoms with van der Waals surface area (Å²) < 4.78 is 5.07. The van der Waals surface area contributed by atoms with Crippen LogP contribution in [0.3, 0.4) is 0 Å². The standard InChI is InChI=1S/C22H31N3O4/c1-29-13-19(27)25-18(12-26)20(16-8-4-2-5-9-16)22(25)14-24(15-22)21(28)23-17-10-6-3-7-11-17/h2,4-5,8-9,17-18,20,26H,3,6-7,10-15H2,1H3,(H,23,28)/t18-,20-/m0/s1. The largest absolute Gasteiger partial charge is 0.394 e. The van der Waals surface area contributed by atoms with Gasteiger partial charge in [0, 0.05) is 32.2 Å². The molecule has 7 nitrogen and oxygen atoms in total. The van der Waals surface area contributed by atoms with E-state index in [1.54, 1.807) is 9.80 Å². The minimum Gasteiger partial charge on any atom is -0.394 e. The molecule has 2 N–H and O–H groups in total. The molecule has 7 heteroatoms. The van der Waals surface area contributed by atoms with Crippen molar-refractivity contribution in [2.45, 2.75) is 55.6 Å². The number of carbonyl (C=O) groups excluding carboxylic acids is 2. The van der Waals surface area contributed by atoms with E-state index in [0.717, 1.165) is 18.4 Å². The highest BCUT2D eigenvalue weighted by Gasteiger charge is 2.68. The zero-order valence-corrected chi connectivity index (χ0v) is 17.0. The second-order valence-corrected chi connectivity index (χ2v) is 8.58. The molecular weight excluding hydrogens is 370 g/mol. The molecular formula is C22H31N3O4. The van der Waals surface area contributed by atoms with Gasteiger partial charge in [0.2, 0.25) is 5.91 Å². The van der Waals surface area contributed by atoms with E-state index in [0.29, 0.717) is 13.1 Å². The van der Waals surface area contributed by atoms with Crippen LogP contribution in [0.2, 0.25) is 0 Å². The van der Waals surface area contributed by atoms with Crippen LogP contribution in [0.1, 0.15) is 43.6 Å². The quantitative estimate of drug-likeness (QED) is 0.787. The number of hydrogen-bond acceptors (Lipinski definition) is 4. The summed E-state index contributed by atoms with van der Waals surface area (Å²) in [4.78, 5) is 29.1. The normalized spacial score (nSPS) is 26.0. The van der Waals surface area contributed by atoms with E-state index in [1.807, 2.05) is 30.3 Å². The fraction of sp³-hybridized carbons (Fsp3) is 0.636. The van der Waals surface area contributed by atoms with Crippen molar-refractivity contribution in [3.05, 3.63) is 35.9 Å². The van der Waals surface area contributed by atoms with E-state index < -0.39 is 5.54 Å². The minimum absolute atomic E-state index is 0.00763. The van der Waals surface area contributed by atoms with Gasteiger partial charge < -0.3 is 25.0 Å². The van der Waals surface area contributed by atoms with Crippen molar-refractivity contribution in [1.29, 1.82) is 0 Å². The number of nitrogens with one attached hydrogen (secondary N) is 1. The molecule has 4 rings (SSSR count). The highest BCUT2D eigenvalue weighted by Crippen LogP contribution is 2.53. The Morgan fingerprint density at radius 1 is 1.17 bits per heavy atom. The lowest BCUT2D eigenvalue weighted by atomic mass is 9.60. The lowest BCUT2D eigenvalue weighted by Crippen LogP contribution is -2.86. The van der Waals surface area contributed by atoms with Crippen molar-refractivity contribution in [3.63, 3.8) is 0 Å². The second-order valence-electron chi connectivity index (χ2n) is 8.58. The first-order chi connectivity index (χ1) is 14.1. The van der Waals surface area contributed by atoms with Crippen LogP contribution in [-0.2, 0) is 9.53 Å². The van der Waals surface area contributed by atoms with Crippen molar-refractivity contribution >= 4 is 11.9 Å². The minimum atomic E-state index is -0.464. The average molecular weight is 402 g/mol. The summed E-state index contributed by atoms with van der Waals surface area (Å²) in [6.07, 6.45) is 5.67. The van der Waals surface area contributed by atoms with Crippen LogP contribution in [0.4, 0.5) is 4.79 Å². The monoisotopic (exact) mass is 401 g/mol. The molecule has 2 saturated heterocycles. The molecule has 1 aromatic carbocycles. The molecule has 29 heavy (non-hydrogen) atoms. The number of aliphatic hydroxyl groups excluding tert-OH is 1. The van der Waals surface area contributed by atoms with Gasteiger partial charge in [-0.05, 0) is 18.4 Å². The van der Waals surface area contributed by atoms with Crippen LogP contribution < -0.4 is 5.32 Å². The Kier molecular flexibility index (Phi) is 5.79. The summed E-state index contributed by atoms with van der Waals surface area (Å²) in [6.45, 7) is 0.840. The molecule has 1 saturated carbocycles. The lowest BCUT2D eigenvalue weighted by Gasteiger charge is -2.70. The molecule has 1 spiro atoms. The van der Waals surface area contributed by atoms with Gasteiger partial charge in [0.15, 0.2) is 0 Å². The van der Waals surface area contributed by atoms with Gasteiger partial charge >= 0.3 is 6.03 Å². The third-order valence-electron chi connectivity index (χ3n) is 6.81. The average Bonchev–Trinajstić information content (AvgIpc) is 2.68. The highest BCUT2D eigenvalue weighted by atomic mass is 16.5. The van der Waals surface area contributed by atoms with Crippen LogP contribution in [0.25, 0.3) is 0 Å².